The molecular formula is C15H19N5OS. The highest BCUT2D eigenvalue weighted by Crippen LogP contribution is 2.22. The fourth-order valence-corrected chi connectivity index (χ4v) is 3.08. The molecule has 1 aliphatic heterocycles. The standard InChI is InChI=1S/C15H19N5OS/c1-9-7-13(18-15(16-9)22-4)20-6-5-12-11(8-20)14(21)19(3)10(2)17-12/h7H,5-6,8H2,1-4H3. The SMILES string of the molecule is CSc1nc(C)cc(N2CCc3nc(C)n(C)c(=O)c3C2)n1. The van der Waals surface area contributed by atoms with Crippen molar-refractivity contribution in [3.05, 3.63) is 39.2 Å². The second-order valence-corrected chi connectivity index (χ2v) is 6.25. The molecule has 0 bridgehead atoms. The Hall–Kier alpha value is -1.89. The fraction of sp³-hybridized carbons (Fsp3) is 0.467. The molecule has 22 heavy (non-hydrogen) atoms. The Bertz CT molecular complexity index is 786. The van der Waals surface area contributed by atoms with Crippen molar-refractivity contribution in [1.29, 1.82) is 0 Å². The van der Waals surface area contributed by atoms with E-state index in [1.807, 2.05) is 26.2 Å². The summed E-state index contributed by atoms with van der Waals surface area (Å²) in [6.07, 6.45) is 2.73. The van der Waals surface area contributed by atoms with Gasteiger partial charge in [0.2, 0.25) is 0 Å². The van der Waals surface area contributed by atoms with Gasteiger partial charge in [-0.1, -0.05) is 11.8 Å². The molecule has 6 nitrogen and oxygen atoms in total. The Labute approximate surface area is 133 Å². The van der Waals surface area contributed by atoms with Crippen LogP contribution in [0.15, 0.2) is 16.0 Å². The third-order valence-electron chi connectivity index (χ3n) is 3.99. The van der Waals surface area contributed by atoms with Gasteiger partial charge in [-0.15, -0.1) is 0 Å². The van der Waals surface area contributed by atoms with E-state index in [-0.39, 0.29) is 5.56 Å². The van der Waals surface area contributed by atoms with Gasteiger partial charge in [0.1, 0.15) is 11.6 Å². The lowest BCUT2D eigenvalue weighted by Gasteiger charge is -2.29. The second kappa shape index (κ2) is 5.72. The van der Waals surface area contributed by atoms with Gasteiger partial charge in [0.15, 0.2) is 5.16 Å². The van der Waals surface area contributed by atoms with Gasteiger partial charge in [0.25, 0.3) is 5.56 Å². The van der Waals surface area contributed by atoms with E-state index in [0.29, 0.717) is 6.54 Å². The quantitative estimate of drug-likeness (QED) is 0.617. The molecule has 1 aliphatic rings. The Balaban J connectivity index is 2.00. The van der Waals surface area contributed by atoms with Gasteiger partial charge in [-0.3, -0.25) is 9.36 Å². The lowest BCUT2D eigenvalue weighted by molar-refractivity contribution is 0.646. The summed E-state index contributed by atoms with van der Waals surface area (Å²) in [7, 11) is 1.77. The van der Waals surface area contributed by atoms with Gasteiger partial charge in [-0.25, -0.2) is 15.0 Å². The molecule has 0 fully saturated rings. The maximum Gasteiger partial charge on any atom is 0.258 e. The number of hydrogen-bond acceptors (Lipinski definition) is 6. The molecule has 0 N–H and O–H groups in total. The summed E-state index contributed by atoms with van der Waals surface area (Å²) in [5, 5.41) is 0.760. The Morgan fingerprint density at radius 3 is 2.73 bits per heavy atom. The van der Waals surface area contributed by atoms with Crippen LogP contribution >= 0.6 is 11.8 Å². The second-order valence-electron chi connectivity index (χ2n) is 5.47. The van der Waals surface area contributed by atoms with Crippen LogP contribution in [-0.4, -0.2) is 32.3 Å². The lowest BCUT2D eigenvalue weighted by atomic mass is 10.1. The minimum atomic E-state index is 0.0445. The van der Waals surface area contributed by atoms with Crippen molar-refractivity contribution in [1.82, 2.24) is 19.5 Å². The van der Waals surface area contributed by atoms with E-state index in [1.165, 1.54) is 11.8 Å². The minimum absolute atomic E-state index is 0.0445. The summed E-state index contributed by atoms with van der Waals surface area (Å²) in [4.78, 5) is 28.1. The fourth-order valence-electron chi connectivity index (χ4n) is 2.66. The molecule has 0 unspecified atom stereocenters. The summed E-state index contributed by atoms with van der Waals surface area (Å²) >= 11 is 1.53. The highest BCUT2D eigenvalue weighted by atomic mass is 32.2. The largest absolute Gasteiger partial charge is 0.351 e. The molecule has 0 saturated carbocycles. The van der Waals surface area contributed by atoms with Crippen LogP contribution in [0.25, 0.3) is 0 Å². The highest BCUT2D eigenvalue weighted by molar-refractivity contribution is 7.98. The van der Waals surface area contributed by atoms with Crippen LogP contribution in [0.4, 0.5) is 5.82 Å². The molecular weight excluding hydrogens is 298 g/mol. The van der Waals surface area contributed by atoms with Gasteiger partial charge in [0.05, 0.1) is 17.8 Å². The topological polar surface area (TPSA) is 63.9 Å². The average molecular weight is 317 g/mol. The summed E-state index contributed by atoms with van der Waals surface area (Å²) in [6.45, 7) is 5.20. The zero-order chi connectivity index (χ0) is 15.9. The molecule has 2 aromatic heterocycles. The number of fused-ring (bicyclic) bond motifs is 1. The van der Waals surface area contributed by atoms with Crippen molar-refractivity contribution < 1.29 is 0 Å². The summed E-state index contributed by atoms with van der Waals surface area (Å²) in [5.41, 5.74) is 2.69. The van der Waals surface area contributed by atoms with Crippen molar-refractivity contribution >= 4 is 17.6 Å². The van der Waals surface area contributed by atoms with Crippen LogP contribution in [0, 0.1) is 13.8 Å². The lowest BCUT2D eigenvalue weighted by Crippen LogP contribution is -2.38. The van der Waals surface area contributed by atoms with Crippen molar-refractivity contribution in [2.24, 2.45) is 7.05 Å². The molecule has 0 amide bonds. The maximum absolute atomic E-state index is 12.5. The molecule has 2 aromatic rings. The first kappa shape index (κ1) is 15.0. The van der Waals surface area contributed by atoms with Gasteiger partial charge in [-0.05, 0) is 20.1 Å². The monoisotopic (exact) mass is 317 g/mol. The summed E-state index contributed by atoms with van der Waals surface area (Å²) in [6, 6.07) is 1.97. The van der Waals surface area contributed by atoms with Crippen molar-refractivity contribution in [2.45, 2.75) is 32.0 Å². The minimum Gasteiger partial charge on any atom is -0.351 e. The van der Waals surface area contributed by atoms with Gasteiger partial charge >= 0.3 is 0 Å². The number of nitrogens with zero attached hydrogens (tertiary/aromatic N) is 5. The molecule has 3 rings (SSSR count). The third kappa shape index (κ3) is 2.61. The van der Waals surface area contributed by atoms with E-state index in [0.717, 1.165) is 46.7 Å². The molecule has 0 atom stereocenters. The molecule has 3 heterocycles. The van der Waals surface area contributed by atoms with Gasteiger partial charge in [-0.2, -0.15) is 0 Å². The normalized spacial score (nSPS) is 14.1. The number of thioether (sulfide) groups is 1. The highest BCUT2D eigenvalue weighted by Gasteiger charge is 2.23. The average Bonchev–Trinajstić information content (AvgIpc) is 2.52. The van der Waals surface area contributed by atoms with Crippen LogP contribution in [0.2, 0.25) is 0 Å². The number of aryl methyl sites for hydroxylation is 2. The first-order valence-corrected chi connectivity index (χ1v) is 8.42. The molecule has 0 aromatic carbocycles. The van der Waals surface area contributed by atoms with Gasteiger partial charge < -0.3 is 4.90 Å². The molecule has 0 aliphatic carbocycles. The predicted octanol–water partition coefficient (Wildman–Crippen LogP) is 1.47. The number of rotatable bonds is 2. The van der Waals surface area contributed by atoms with E-state index in [1.54, 1.807) is 11.6 Å². The van der Waals surface area contributed by atoms with Crippen LogP contribution in [-0.2, 0) is 20.0 Å². The Morgan fingerprint density at radius 1 is 1.23 bits per heavy atom. The van der Waals surface area contributed by atoms with Gasteiger partial charge in [0, 0.05) is 31.8 Å². The van der Waals surface area contributed by atoms with E-state index in [4.69, 9.17) is 0 Å². The Kier molecular flexibility index (Phi) is 3.90. The van der Waals surface area contributed by atoms with Crippen molar-refractivity contribution in [2.75, 3.05) is 17.7 Å². The third-order valence-corrected chi connectivity index (χ3v) is 4.54. The summed E-state index contributed by atoms with van der Waals surface area (Å²) in [5.74, 6) is 1.64. The van der Waals surface area contributed by atoms with Crippen LogP contribution in [0.3, 0.4) is 0 Å². The molecule has 0 saturated heterocycles. The summed E-state index contributed by atoms with van der Waals surface area (Å²) < 4.78 is 1.61. The van der Waals surface area contributed by atoms with Crippen LogP contribution in [0.1, 0.15) is 22.8 Å². The number of anilines is 1. The molecule has 116 valence electrons. The van der Waals surface area contributed by atoms with Crippen molar-refractivity contribution in [3.63, 3.8) is 0 Å². The van der Waals surface area contributed by atoms with E-state index in [2.05, 4.69) is 19.9 Å². The predicted molar refractivity (Wildman–Crippen MR) is 87.5 cm³/mol. The Morgan fingerprint density at radius 2 is 2.00 bits per heavy atom. The molecule has 0 radical (unpaired) electrons. The van der Waals surface area contributed by atoms with Crippen LogP contribution in [0.5, 0.6) is 0 Å². The van der Waals surface area contributed by atoms with E-state index >= 15 is 0 Å². The van der Waals surface area contributed by atoms with Crippen molar-refractivity contribution in [3.8, 4) is 0 Å². The number of hydrogen-bond donors (Lipinski definition) is 0. The molecule has 0 spiro atoms. The first-order chi connectivity index (χ1) is 10.5. The first-order valence-electron chi connectivity index (χ1n) is 7.19. The number of aromatic nitrogens is 4. The molecule has 7 heteroatoms. The maximum atomic E-state index is 12.5. The smallest absolute Gasteiger partial charge is 0.258 e. The van der Waals surface area contributed by atoms with E-state index in [9.17, 15) is 4.79 Å². The zero-order valence-electron chi connectivity index (χ0n) is 13.3. The zero-order valence-corrected chi connectivity index (χ0v) is 14.1. The van der Waals surface area contributed by atoms with E-state index < -0.39 is 0 Å². The van der Waals surface area contributed by atoms with Crippen LogP contribution < -0.4 is 10.5 Å².